The van der Waals surface area contributed by atoms with E-state index >= 15 is 0 Å². The standard InChI is InChI=1S/C16H22BrNO3/c1-11(2)4-3-5-18-16(19)9-12-8-14-15(10-13(12)17)21-7-6-20-14/h8,10-11H,3-7,9H2,1-2H3,(H,18,19). The second-order valence-corrected chi connectivity index (χ2v) is 6.50. The minimum Gasteiger partial charge on any atom is -0.486 e. The van der Waals surface area contributed by atoms with Crippen molar-refractivity contribution in [1.29, 1.82) is 0 Å². The maximum Gasteiger partial charge on any atom is 0.224 e. The molecule has 1 aromatic carbocycles. The molecule has 1 heterocycles. The average Bonchev–Trinajstić information content (AvgIpc) is 2.44. The first-order valence-corrected chi connectivity index (χ1v) is 8.20. The first-order valence-electron chi connectivity index (χ1n) is 7.41. The van der Waals surface area contributed by atoms with Crippen molar-refractivity contribution in [2.45, 2.75) is 33.1 Å². The average molecular weight is 356 g/mol. The molecule has 0 atom stereocenters. The molecule has 1 aromatic rings. The van der Waals surface area contributed by atoms with E-state index in [-0.39, 0.29) is 5.91 Å². The monoisotopic (exact) mass is 355 g/mol. The number of carbonyl (C=O) groups excluding carboxylic acids is 1. The molecule has 0 saturated heterocycles. The van der Waals surface area contributed by atoms with Gasteiger partial charge in [-0.1, -0.05) is 29.8 Å². The minimum atomic E-state index is 0.0381. The summed E-state index contributed by atoms with van der Waals surface area (Å²) in [4.78, 5) is 12.0. The summed E-state index contributed by atoms with van der Waals surface area (Å²) in [7, 11) is 0. The molecule has 4 nitrogen and oxygen atoms in total. The maximum absolute atomic E-state index is 12.0. The van der Waals surface area contributed by atoms with E-state index in [0.717, 1.165) is 35.2 Å². The Balaban J connectivity index is 1.88. The fraction of sp³-hybridized carbons (Fsp3) is 0.562. The van der Waals surface area contributed by atoms with Gasteiger partial charge in [-0.3, -0.25) is 4.79 Å². The van der Waals surface area contributed by atoms with E-state index in [2.05, 4.69) is 35.1 Å². The summed E-state index contributed by atoms with van der Waals surface area (Å²) in [6, 6.07) is 3.75. The van der Waals surface area contributed by atoms with Crippen molar-refractivity contribution in [2.24, 2.45) is 5.92 Å². The summed E-state index contributed by atoms with van der Waals surface area (Å²) in [6.07, 6.45) is 2.50. The molecule has 1 aliphatic rings. The van der Waals surface area contributed by atoms with Crippen LogP contribution < -0.4 is 14.8 Å². The van der Waals surface area contributed by atoms with Crippen LogP contribution in [0.1, 0.15) is 32.3 Å². The minimum absolute atomic E-state index is 0.0381. The zero-order chi connectivity index (χ0) is 15.2. The van der Waals surface area contributed by atoms with Crippen molar-refractivity contribution in [2.75, 3.05) is 19.8 Å². The highest BCUT2D eigenvalue weighted by Gasteiger charge is 2.16. The molecule has 1 N–H and O–H groups in total. The van der Waals surface area contributed by atoms with Crippen LogP contribution in [0.2, 0.25) is 0 Å². The molecule has 21 heavy (non-hydrogen) atoms. The van der Waals surface area contributed by atoms with Gasteiger partial charge in [0.15, 0.2) is 11.5 Å². The van der Waals surface area contributed by atoms with Crippen LogP contribution in [0.25, 0.3) is 0 Å². The first-order chi connectivity index (χ1) is 10.1. The predicted molar refractivity (Wildman–Crippen MR) is 85.9 cm³/mol. The number of halogens is 1. The lowest BCUT2D eigenvalue weighted by molar-refractivity contribution is -0.120. The predicted octanol–water partition coefficient (Wildman–Crippen LogP) is 3.32. The van der Waals surface area contributed by atoms with Crippen LogP contribution in [0.3, 0.4) is 0 Å². The Hall–Kier alpha value is -1.23. The second kappa shape index (κ2) is 7.69. The lowest BCUT2D eigenvalue weighted by atomic mass is 10.1. The van der Waals surface area contributed by atoms with Crippen LogP contribution in [0.5, 0.6) is 11.5 Å². The third kappa shape index (κ3) is 4.92. The molecule has 1 aliphatic heterocycles. The van der Waals surface area contributed by atoms with Crippen LogP contribution in [0.4, 0.5) is 0 Å². The lowest BCUT2D eigenvalue weighted by Gasteiger charge is -2.19. The van der Waals surface area contributed by atoms with Crippen LogP contribution in [0, 0.1) is 5.92 Å². The fourth-order valence-corrected chi connectivity index (χ4v) is 2.68. The molecule has 116 valence electrons. The molecule has 0 bridgehead atoms. The molecule has 5 heteroatoms. The van der Waals surface area contributed by atoms with Crippen molar-refractivity contribution in [3.63, 3.8) is 0 Å². The largest absolute Gasteiger partial charge is 0.486 e. The van der Waals surface area contributed by atoms with Gasteiger partial charge in [-0.15, -0.1) is 0 Å². The van der Waals surface area contributed by atoms with Crippen molar-refractivity contribution < 1.29 is 14.3 Å². The molecule has 0 fully saturated rings. The molecule has 0 radical (unpaired) electrons. The highest BCUT2D eigenvalue weighted by molar-refractivity contribution is 9.10. The zero-order valence-electron chi connectivity index (χ0n) is 12.6. The highest BCUT2D eigenvalue weighted by atomic mass is 79.9. The van der Waals surface area contributed by atoms with E-state index in [0.29, 0.717) is 31.3 Å². The number of fused-ring (bicyclic) bond motifs is 1. The molecule has 0 unspecified atom stereocenters. The number of ether oxygens (including phenoxy) is 2. The van der Waals surface area contributed by atoms with E-state index in [4.69, 9.17) is 9.47 Å². The Morgan fingerprint density at radius 3 is 2.62 bits per heavy atom. The Morgan fingerprint density at radius 2 is 1.95 bits per heavy atom. The Labute approximate surface area is 134 Å². The summed E-state index contributed by atoms with van der Waals surface area (Å²) < 4.78 is 11.9. The third-order valence-electron chi connectivity index (χ3n) is 3.34. The molecule has 0 aromatic heterocycles. The van der Waals surface area contributed by atoms with Gasteiger partial charge in [0.05, 0.1) is 6.42 Å². The molecule has 0 spiro atoms. The van der Waals surface area contributed by atoms with Gasteiger partial charge in [0, 0.05) is 11.0 Å². The summed E-state index contributed by atoms with van der Waals surface area (Å²) in [5.74, 6) is 2.16. The second-order valence-electron chi connectivity index (χ2n) is 5.65. The van der Waals surface area contributed by atoms with Crippen molar-refractivity contribution in [1.82, 2.24) is 5.32 Å². The Bertz CT molecular complexity index is 503. The number of hydrogen-bond donors (Lipinski definition) is 1. The summed E-state index contributed by atoms with van der Waals surface area (Å²) >= 11 is 3.49. The van der Waals surface area contributed by atoms with Crippen LogP contribution >= 0.6 is 15.9 Å². The van der Waals surface area contributed by atoms with Gasteiger partial charge in [0.2, 0.25) is 5.91 Å². The topological polar surface area (TPSA) is 47.6 Å². The normalized spacial score (nSPS) is 13.3. The third-order valence-corrected chi connectivity index (χ3v) is 4.08. The molecule has 1 amide bonds. The highest BCUT2D eigenvalue weighted by Crippen LogP contribution is 2.35. The summed E-state index contributed by atoms with van der Waals surface area (Å²) in [5, 5.41) is 2.96. The van der Waals surface area contributed by atoms with Crippen molar-refractivity contribution in [3.8, 4) is 11.5 Å². The molecular weight excluding hydrogens is 334 g/mol. The van der Waals surface area contributed by atoms with Crippen LogP contribution in [0.15, 0.2) is 16.6 Å². The number of benzene rings is 1. The van der Waals surface area contributed by atoms with Gasteiger partial charge in [0.1, 0.15) is 13.2 Å². The number of amides is 1. The van der Waals surface area contributed by atoms with Gasteiger partial charge in [0.25, 0.3) is 0 Å². The van der Waals surface area contributed by atoms with Crippen molar-refractivity contribution in [3.05, 3.63) is 22.2 Å². The van der Waals surface area contributed by atoms with E-state index in [1.54, 1.807) is 0 Å². The summed E-state index contributed by atoms with van der Waals surface area (Å²) in [6.45, 7) is 6.23. The van der Waals surface area contributed by atoms with Crippen LogP contribution in [-0.4, -0.2) is 25.7 Å². The van der Waals surface area contributed by atoms with E-state index < -0.39 is 0 Å². The first kappa shape index (κ1) is 16.1. The van der Waals surface area contributed by atoms with E-state index in [1.807, 2.05) is 12.1 Å². The van der Waals surface area contributed by atoms with Gasteiger partial charge in [-0.2, -0.15) is 0 Å². The Morgan fingerprint density at radius 1 is 1.29 bits per heavy atom. The number of nitrogens with one attached hydrogen (secondary N) is 1. The lowest BCUT2D eigenvalue weighted by Crippen LogP contribution is -2.26. The van der Waals surface area contributed by atoms with Gasteiger partial charge < -0.3 is 14.8 Å². The summed E-state index contributed by atoms with van der Waals surface area (Å²) in [5.41, 5.74) is 0.917. The molecular formula is C16H22BrNO3. The number of carbonyl (C=O) groups is 1. The van der Waals surface area contributed by atoms with Gasteiger partial charge in [-0.25, -0.2) is 0 Å². The SMILES string of the molecule is CC(C)CCCNC(=O)Cc1cc2c(cc1Br)OCCO2. The molecule has 2 rings (SSSR count). The number of rotatable bonds is 6. The number of hydrogen-bond acceptors (Lipinski definition) is 3. The maximum atomic E-state index is 12.0. The van der Waals surface area contributed by atoms with Crippen LogP contribution in [-0.2, 0) is 11.2 Å². The zero-order valence-corrected chi connectivity index (χ0v) is 14.2. The molecule has 0 aliphatic carbocycles. The molecule has 0 saturated carbocycles. The van der Waals surface area contributed by atoms with Gasteiger partial charge >= 0.3 is 0 Å². The Kier molecular flexibility index (Phi) is 5.91. The van der Waals surface area contributed by atoms with Crippen molar-refractivity contribution >= 4 is 21.8 Å². The van der Waals surface area contributed by atoms with E-state index in [9.17, 15) is 4.79 Å². The smallest absolute Gasteiger partial charge is 0.224 e. The van der Waals surface area contributed by atoms with Gasteiger partial charge in [-0.05, 0) is 36.5 Å². The van der Waals surface area contributed by atoms with E-state index in [1.165, 1.54) is 0 Å². The fourth-order valence-electron chi connectivity index (χ4n) is 2.22. The quantitative estimate of drug-likeness (QED) is 0.796.